The van der Waals surface area contributed by atoms with Gasteiger partial charge in [-0.25, -0.2) is 19.6 Å². The third-order valence-corrected chi connectivity index (χ3v) is 3.87. The van der Waals surface area contributed by atoms with Crippen LogP contribution >= 0.6 is 0 Å². The monoisotopic (exact) mass is 376 g/mol. The Bertz CT molecular complexity index is 970. The number of amides is 2. The molecule has 0 unspecified atom stereocenters. The quantitative estimate of drug-likeness (QED) is 0.649. The number of esters is 1. The highest BCUT2D eigenvalue weighted by atomic mass is 16.5. The van der Waals surface area contributed by atoms with Crippen molar-refractivity contribution in [2.24, 2.45) is 0 Å². The van der Waals surface area contributed by atoms with Crippen molar-refractivity contribution in [2.45, 2.75) is 13.8 Å². The van der Waals surface area contributed by atoms with E-state index in [2.05, 4.69) is 20.6 Å². The molecular weight excluding hydrogens is 356 g/mol. The Labute approximate surface area is 162 Å². The summed E-state index contributed by atoms with van der Waals surface area (Å²) in [6.45, 7) is 3.90. The maximum absolute atomic E-state index is 12.2. The number of nitrogens with one attached hydrogen (secondary N) is 2. The van der Waals surface area contributed by atoms with Gasteiger partial charge in [0.25, 0.3) is 0 Å². The third-order valence-electron chi connectivity index (χ3n) is 3.87. The molecule has 0 spiro atoms. The summed E-state index contributed by atoms with van der Waals surface area (Å²) < 4.78 is 4.93. The Balaban J connectivity index is 1.59. The minimum atomic E-state index is -0.391. The van der Waals surface area contributed by atoms with Crippen LogP contribution in [0.2, 0.25) is 0 Å². The minimum Gasteiger partial charge on any atom is -0.462 e. The summed E-state index contributed by atoms with van der Waals surface area (Å²) in [6.07, 6.45) is 1.71. The second-order valence-corrected chi connectivity index (χ2v) is 5.94. The van der Waals surface area contributed by atoms with Gasteiger partial charge in [0, 0.05) is 23.1 Å². The SMILES string of the molecule is CCOC(=O)c1ccc(NC(=O)Nc2ccc(-c3ccnc(C)n3)cc2)cc1. The molecule has 2 aromatic carbocycles. The molecule has 0 aliphatic heterocycles. The van der Waals surface area contributed by atoms with E-state index in [1.807, 2.05) is 25.1 Å². The van der Waals surface area contributed by atoms with E-state index < -0.39 is 5.97 Å². The van der Waals surface area contributed by atoms with E-state index in [9.17, 15) is 9.59 Å². The van der Waals surface area contributed by atoms with Crippen LogP contribution in [0.1, 0.15) is 23.1 Å². The van der Waals surface area contributed by atoms with Gasteiger partial charge in [-0.1, -0.05) is 12.1 Å². The highest BCUT2D eigenvalue weighted by molar-refractivity contribution is 6.00. The fourth-order valence-electron chi connectivity index (χ4n) is 2.54. The number of anilines is 2. The predicted molar refractivity (Wildman–Crippen MR) is 107 cm³/mol. The highest BCUT2D eigenvalue weighted by Crippen LogP contribution is 2.19. The first kappa shape index (κ1) is 19.0. The number of hydrogen-bond donors (Lipinski definition) is 2. The molecule has 2 amide bonds. The minimum absolute atomic E-state index is 0.316. The van der Waals surface area contributed by atoms with Gasteiger partial charge in [-0.3, -0.25) is 0 Å². The largest absolute Gasteiger partial charge is 0.462 e. The molecule has 1 aromatic heterocycles. The molecular formula is C21H20N4O3. The van der Waals surface area contributed by atoms with Gasteiger partial charge >= 0.3 is 12.0 Å². The Kier molecular flexibility index (Phi) is 5.96. The highest BCUT2D eigenvalue weighted by Gasteiger charge is 2.08. The van der Waals surface area contributed by atoms with Crippen molar-refractivity contribution in [1.29, 1.82) is 0 Å². The zero-order valence-corrected chi connectivity index (χ0v) is 15.6. The number of benzene rings is 2. The maximum Gasteiger partial charge on any atom is 0.338 e. The summed E-state index contributed by atoms with van der Waals surface area (Å²) in [7, 11) is 0. The van der Waals surface area contributed by atoms with Gasteiger partial charge in [-0.15, -0.1) is 0 Å². The molecule has 0 atom stereocenters. The Morgan fingerprint density at radius 3 is 2.11 bits per heavy atom. The number of hydrogen-bond acceptors (Lipinski definition) is 5. The van der Waals surface area contributed by atoms with Crippen molar-refractivity contribution in [3.63, 3.8) is 0 Å². The number of urea groups is 1. The topological polar surface area (TPSA) is 93.2 Å². The molecule has 7 nitrogen and oxygen atoms in total. The van der Waals surface area contributed by atoms with Gasteiger partial charge in [0.1, 0.15) is 5.82 Å². The summed E-state index contributed by atoms with van der Waals surface area (Å²) in [6, 6.07) is 15.3. The number of aromatic nitrogens is 2. The van der Waals surface area contributed by atoms with Gasteiger partial charge in [0.15, 0.2) is 0 Å². The molecule has 0 aliphatic rings. The molecule has 28 heavy (non-hydrogen) atoms. The van der Waals surface area contributed by atoms with E-state index in [1.165, 1.54) is 0 Å². The summed E-state index contributed by atoms with van der Waals surface area (Å²) in [5.41, 5.74) is 3.41. The molecule has 3 aromatic rings. The molecule has 0 fully saturated rings. The van der Waals surface area contributed by atoms with Crippen molar-refractivity contribution in [3.05, 3.63) is 72.2 Å². The van der Waals surface area contributed by atoms with E-state index in [0.29, 0.717) is 29.4 Å². The van der Waals surface area contributed by atoms with E-state index in [-0.39, 0.29) is 6.03 Å². The zero-order valence-electron chi connectivity index (χ0n) is 15.6. The van der Waals surface area contributed by atoms with Crippen molar-refractivity contribution in [1.82, 2.24) is 9.97 Å². The van der Waals surface area contributed by atoms with Gasteiger partial charge in [-0.2, -0.15) is 0 Å². The number of nitrogens with zero attached hydrogens (tertiary/aromatic N) is 2. The molecule has 1 heterocycles. The first-order valence-electron chi connectivity index (χ1n) is 8.80. The lowest BCUT2D eigenvalue weighted by Crippen LogP contribution is -2.19. The van der Waals surface area contributed by atoms with Crippen molar-refractivity contribution < 1.29 is 14.3 Å². The van der Waals surface area contributed by atoms with E-state index in [0.717, 1.165) is 11.3 Å². The third kappa shape index (κ3) is 4.91. The average Bonchev–Trinajstić information content (AvgIpc) is 2.69. The molecule has 0 aliphatic carbocycles. The van der Waals surface area contributed by atoms with Crippen molar-refractivity contribution in [3.8, 4) is 11.3 Å². The van der Waals surface area contributed by atoms with Crippen LogP contribution in [0.3, 0.4) is 0 Å². The van der Waals surface area contributed by atoms with Crippen LogP contribution in [0.15, 0.2) is 60.8 Å². The summed E-state index contributed by atoms with van der Waals surface area (Å²) in [5.74, 6) is 0.311. The van der Waals surface area contributed by atoms with E-state index >= 15 is 0 Å². The molecule has 3 rings (SSSR count). The van der Waals surface area contributed by atoms with Crippen LogP contribution in [0.5, 0.6) is 0 Å². The molecule has 7 heteroatoms. The smallest absolute Gasteiger partial charge is 0.338 e. The lowest BCUT2D eigenvalue weighted by atomic mass is 10.1. The second kappa shape index (κ2) is 8.77. The summed E-state index contributed by atoms with van der Waals surface area (Å²) >= 11 is 0. The Morgan fingerprint density at radius 2 is 1.54 bits per heavy atom. The first-order chi connectivity index (χ1) is 13.5. The molecule has 0 bridgehead atoms. The fraction of sp³-hybridized carbons (Fsp3) is 0.143. The van der Waals surface area contributed by atoms with Crippen LogP contribution in [0.25, 0.3) is 11.3 Å². The van der Waals surface area contributed by atoms with Crippen LogP contribution in [-0.2, 0) is 4.74 Å². The molecule has 2 N–H and O–H groups in total. The van der Waals surface area contributed by atoms with Crippen molar-refractivity contribution in [2.75, 3.05) is 17.2 Å². The normalized spacial score (nSPS) is 10.2. The zero-order chi connectivity index (χ0) is 19.9. The predicted octanol–water partition coefficient (Wildman–Crippen LogP) is 4.27. The lowest BCUT2D eigenvalue weighted by Gasteiger charge is -2.09. The van der Waals surface area contributed by atoms with Crippen LogP contribution in [-0.4, -0.2) is 28.6 Å². The number of ether oxygens (including phenoxy) is 1. The standard InChI is InChI=1S/C21H20N4O3/c1-3-28-20(26)16-6-10-18(11-7-16)25-21(27)24-17-8-4-15(5-9-17)19-12-13-22-14(2)23-19/h4-13H,3H2,1-2H3,(H2,24,25,27). The van der Waals surface area contributed by atoms with Gasteiger partial charge in [-0.05, 0) is 56.3 Å². The van der Waals surface area contributed by atoms with E-state index in [4.69, 9.17) is 4.74 Å². The number of carbonyl (C=O) groups is 2. The average molecular weight is 376 g/mol. The lowest BCUT2D eigenvalue weighted by molar-refractivity contribution is 0.0526. The Morgan fingerprint density at radius 1 is 0.929 bits per heavy atom. The maximum atomic E-state index is 12.2. The van der Waals surface area contributed by atoms with Gasteiger partial charge in [0.2, 0.25) is 0 Å². The first-order valence-corrected chi connectivity index (χ1v) is 8.80. The van der Waals surface area contributed by atoms with Gasteiger partial charge < -0.3 is 15.4 Å². The fourth-order valence-corrected chi connectivity index (χ4v) is 2.54. The molecule has 142 valence electrons. The number of carbonyl (C=O) groups excluding carboxylic acids is 2. The van der Waals surface area contributed by atoms with Crippen LogP contribution in [0.4, 0.5) is 16.2 Å². The van der Waals surface area contributed by atoms with Crippen molar-refractivity contribution >= 4 is 23.4 Å². The van der Waals surface area contributed by atoms with Crippen LogP contribution < -0.4 is 10.6 Å². The summed E-state index contributed by atoms with van der Waals surface area (Å²) in [4.78, 5) is 32.3. The number of aryl methyl sites for hydroxylation is 1. The molecule has 0 radical (unpaired) electrons. The second-order valence-electron chi connectivity index (χ2n) is 5.94. The Hall–Kier alpha value is -3.74. The molecule has 0 saturated heterocycles. The van der Waals surface area contributed by atoms with Crippen LogP contribution in [0, 0.1) is 6.92 Å². The van der Waals surface area contributed by atoms with E-state index in [1.54, 1.807) is 49.5 Å². The van der Waals surface area contributed by atoms with Gasteiger partial charge in [0.05, 0.1) is 17.9 Å². The number of rotatable bonds is 5. The summed E-state index contributed by atoms with van der Waals surface area (Å²) in [5, 5.41) is 5.48. The molecule has 0 saturated carbocycles.